The maximum absolute atomic E-state index is 5.98. The molecule has 2 aromatic rings. The molecule has 2 aliphatic heterocycles. The van der Waals surface area contributed by atoms with Gasteiger partial charge < -0.3 is 24.6 Å². The third kappa shape index (κ3) is 4.96. The summed E-state index contributed by atoms with van der Waals surface area (Å²) in [5.74, 6) is 2.12. The van der Waals surface area contributed by atoms with Crippen LogP contribution in [0.2, 0.25) is 0 Å². The minimum absolute atomic E-state index is 0.295. The number of ether oxygens (including phenoxy) is 2. The number of hydrogen-bond donors (Lipinski definition) is 1. The summed E-state index contributed by atoms with van der Waals surface area (Å²) >= 11 is 5.98. The Morgan fingerprint density at radius 1 is 1.16 bits per heavy atom. The highest BCUT2D eigenvalue weighted by atomic mass is 32.1. The van der Waals surface area contributed by atoms with Crippen molar-refractivity contribution in [3.63, 3.8) is 0 Å². The molecule has 0 aromatic heterocycles. The minimum atomic E-state index is 0.295. The van der Waals surface area contributed by atoms with Crippen LogP contribution < -0.4 is 14.8 Å². The van der Waals surface area contributed by atoms with Crippen molar-refractivity contribution in [1.29, 1.82) is 0 Å². The van der Waals surface area contributed by atoms with E-state index in [0.29, 0.717) is 18.8 Å². The number of rotatable bonds is 5. The van der Waals surface area contributed by atoms with Crippen LogP contribution in [0.5, 0.6) is 11.5 Å². The third-order valence-corrected chi connectivity index (χ3v) is 6.76. The minimum Gasteiger partial charge on any atom is -0.454 e. The van der Waals surface area contributed by atoms with E-state index in [4.69, 9.17) is 21.7 Å². The van der Waals surface area contributed by atoms with Crippen molar-refractivity contribution < 1.29 is 9.47 Å². The summed E-state index contributed by atoms with van der Waals surface area (Å²) < 4.78 is 11.1. The summed E-state index contributed by atoms with van der Waals surface area (Å²) in [4.78, 5) is 4.75. The van der Waals surface area contributed by atoms with Gasteiger partial charge in [0.05, 0.1) is 0 Å². The van der Waals surface area contributed by atoms with Gasteiger partial charge in [0.2, 0.25) is 6.79 Å². The molecular formula is C25H33N3O2S. The predicted octanol–water partition coefficient (Wildman–Crippen LogP) is 5.14. The number of anilines is 1. The number of nitrogens with one attached hydrogen (secondary N) is 1. The number of nitrogens with zero attached hydrogens (tertiary/aromatic N) is 2. The Bertz CT molecular complexity index is 938. The fourth-order valence-electron chi connectivity index (χ4n) is 4.51. The van der Waals surface area contributed by atoms with Crippen LogP contribution >= 0.6 is 12.2 Å². The van der Waals surface area contributed by atoms with Crippen molar-refractivity contribution >= 4 is 23.0 Å². The topological polar surface area (TPSA) is 37.0 Å². The number of hydrogen-bond acceptors (Lipinski definition) is 4. The molecule has 0 radical (unpaired) electrons. The van der Waals surface area contributed by atoms with Gasteiger partial charge in [-0.15, -0.1) is 0 Å². The van der Waals surface area contributed by atoms with E-state index in [1.165, 1.54) is 16.7 Å². The normalized spacial score (nSPS) is 16.5. The highest BCUT2D eigenvalue weighted by Gasteiger charge is 2.26. The van der Waals surface area contributed by atoms with Gasteiger partial charge in [0.15, 0.2) is 16.6 Å². The SMILES string of the molecule is Cc1c(NC(=S)N(Cc2ccc3c(c2)OCO3)C2CCN(C)CC2)cccc1C(C)C. The molecule has 2 aliphatic rings. The standard InChI is InChI=1S/C25H33N3O2S/c1-17(2)21-6-5-7-22(18(21)3)26-25(31)28(20-10-12-27(4)13-11-20)15-19-8-9-23-24(14-19)30-16-29-23/h5-9,14,17,20H,10-13,15-16H2,1-4H3,(H,26,31). The van der Waals surface area contributed by atoms with Crippen LogP contribution in [0, 0.1) is 6.92 Å². The van der Waals surface area contributed by atoms with Crippen LogP contribution in [0.3, 0.4) is 0 Å². The van der Waals surface area contributed by atoms with Crippen molar-refractivity contribution in [2.24, 2.45) is 0 Å². The molecule has 31 heavy (non-hydrogen) atoms. The predicted molar refractivity (Wildman–Crippen MR) is 130 cm³/mol. The van der Waals surface area contributed by atoms with Gasteiger partial charge in [-0.2, -0.15) is 0 Å². The lowest BCUT2D eigenvalue weighted by Crippen LogP contribution is -2.47. The Hall–Kier alpha value is -2.31. The maximum atomic E-state index is 5.98. The number of fused-ring (bicyclic) bond motifs is 1. The van der Waals surface area contributed by atoms with Gasteiger partial charge in [-0.25, -0.2) is 0 Å². The quantitative estimate of drug-likeness (QED) is 0.650. The van der Waals surface area contributed by atoms with E-state index >= 15 is 0 Å². The second-order valence-corrected chi connectivity index (χ2v) is 9.34. The van der Waals surface area contributed by atoms with Crippen molar-refractivity contribution in [2.45, 2.75) is 52.1 Å². The van der Waals surface area contributed by atoms with Gasteiger partial charge in [-0.1, -0.05) is 32.0 Å². The highest BCUT2D eigenvalue weighted by Crippen LogP contribution is 2.33. The Labute approximate surface area is 191 Å². The highest BCUT2D eigenvalue weighted by molar-refractivity contribution is 7.80. The van der Waals surface area contributed by atoms with Crippen molar-refractivity contribution in [1.82, 2.24) is 9.80 Å². The summed E-state index contributed by atoms with van der Waals surface area (Å²) in [5, 5.41) is 4.36. The molecule has 6 heteroatoms. The molecule has 0 aliphatic carbocycles. The largest absolute Gasteiger partial charge is 0.454 e. The number of piperidine rings is 1. The first-order valence-corrected chi connectivity index (χ1v) is 11.6. The van der Waals surface area contributed by atoms with Crippen molar-refractivity contribution in [3.05, 3.63) is 53.1 Å². The Morgan fingerprint density at radius 2 is 1.90 bits per heavy atom. The summed E-state index contributed by atoms with van der Waals surface area (Å²) in [6, 6.07) is 13.1. The fourth-order valence-corrected chi connectivity index (χ4v) is 4.83. The molecule has 0 unspecified atom stereocenters. The van der Waals surface area contributed by atoms with Gasteiger partial charge in [0.25, 0.3) is 0 Å². The molecule has 0 saturated carbocycles. The lowest BCUT2D eigenvalue weighted by Gasteiger charge is -2.39. The Balaban J connectivity index is 1.56. The molecule has 4 rings (SSSR count). The van der Waals surface area contributed by atoms with E-state index < -0.39 is 0 Å². The summed E-state index contributed by atoms with van der Waals surface area (Å²) in [6.45, 7) is 9.87. The van der Waals surface area contributed by atoms with E-state index in [-0.39, 0.29) is 0 Å². The van der Waals surface area contributed by atoms with Gasteiger partial charge >= 0.3 is 0 Å². The number of likely N-dealkylation sites (tertiary alicyclic amines) is 1. The molecule has 1 saturated heterocycles. The second kappa shape index (κ2) is 9.45. The van der Waals surface area contributed by atoms with Crippen LogP contribution in [0.15, 0.2) is 36.4 Å². The first-order chi connectivity index (χ1) is 14.9. The van der Waals surface area contributed by atoms with E-state index in [9.17, 15) is 0 Å². The monoisotopic (exact) mass is 439 g/mol. The first-order valence-electron chi connectivity index (χ1n) is 11.2. The average molecular weight is 440 g/mol. The number of thiocarbonyl (C=S) groups is 1. The van der Waals surface area contributed by atoms with Crippen LogP contribution in [-0.2, 0) is 6.54 Å². The van der Waals surface area contributed by atoms with Crippen molar-refractivity contribution in [2.75, 3.05) is 32.2 Å². The van der Waals surface area contributed by atoms with Gasteiger partial charge in [-0.3, -0.25) is 0 Å². The van der Waals surface area contributed by atoms with Gasteiger partial charge in [-0.05, 0) is 92.9 Å². The lowest BCUT2D eigenvalue weighted by molar-refractivity contribution is 0.172. The van der Waals surface area contributed by atoms with Gasteiger partial charge in [0, 0.05) is 18.3 Å². The Morgan fingerprint density at radius 3 is 2.65 bits per heavy atom. The van der Waals surface area contributed by atoms with Crippen molar-refractivity contribution in [3.8, 4) is 11.5 Å². The van der Waals surface area contributed by atoms with Crippen LogP contribution in [-0.4, -0.2) is 47.9 Å². The molecule has 1 fully saturated rings. The lowest BCUT2D eigenvalue weighted by atomic mass is 9.97. The zero-order valence-corrected chi connectivity index (χ0v) is 19.8. The zero-order chi connectivity index (χ0) is 22.0. The summed E-state index contributed by atoms with van der Waals surface area (Å²) in [6.07, 6.45) is 2.21. The van der Waals surface area contributed by atoms with E-state index in [2.05, 4.69) is 73.3 Å². The smallest absolute Gasteiger partial charge is 0.231 e. The summed E-state index contributed by atoms with van der Waals surface area (Å²) in [7, 11) is 2.19. The van der Waals surface area contributed by atoms with E-state index in [1.54, 1.807) is 0 Å². The summed E-state index contributed by atoms with van der Waals surface area (Å²) in [5.41, 5.74) is 4.90. The molecule has 0 spiro atoms. The molecule has 166 valence electrons. The van der Waals surface area contributed by atoms with Crippen LogP contribution in [0.4, 0.5) is 5.69 Å². The fraction of sp³-hybridized carbons (Fsp3) is 0.480. The molecule has 0 amide bonds. The number of benzene rings is 2. The van der Waals surface area contributed by atoms with E-state index in [0.717, 1.165) is 54.8 Å². The first kappa shape index (κ1) is 21.9. The molecule has 5 nitrogen and oxygen atoms in total. The Kier molecular flexibility index (Phi) is 6.68. The molecule has 0 bridgehead atoms. The van der Waals surface area contributed by atoms with E-state index in [1.807, 2.05) is 6.07 Å². The molecule has 1 N–H and O–H groups in total. The second-order valence-electron chi connectivity index (χ2n) is 8.95. The van der Waals surface area contributed by atoms with Crippen LogP contribution in [0.25, 0.3) is 0 Å². The average Bonchev–Trinajstić information content (AvgIpc) is 3.22. The zero-order valence-electron chi connectivity index (χ0n) is 19.0. The molecular weight excluding hydrogens is 406 g/mol. The maximum Gasteiger partial charge on any atom is 0.231 e. The third-order valence-electron chi connectivity index (χ3n) is 6.42. The molecule has 2 heterocycles. The van der Waals surface area contributed by atoms with Crippen LogP contribution in [0.1, 0.15) is 49.3 Å². The molecule has 0 atom stereocenters. The molecule has 2 aromatic carbocycles. The van der Waals surface area contributed by atoms with Gasteiger partial charge in [0.1, 0.15) is 0 Å².